The van der Waals surface area contributed by atoms with Crippen LogP contribution < -0.4 is 0 Å². The highest BCUT2D eigenvalue weighted by Crippen LogP contribution is 2.15. The number of hydrogen-bond donors (Lipinski definition) is 0. The normalized spacial score (nSPS) is 15.0. The molecule has 1 aliphatic rings. The SMILES string of the molecule is CC[C@H](C)CN(CC)C(=O)CCC(=O)N1CCC(c2ccccc2)=N1. The van der Waals surface area contributed by atoms with Crippen molar-refractivity contribution in [3.8, 4) is 0 Å². The van der Waals surface area contributed by atoms with Gasteiger partial charge in [-0.05, 0) is 18.4 Å². The molecular formula is C20H29N3O2. The first-order valence-corrected chi connectivity index (χ1v) is 9.26. The maximum atomic E-state index is 12.4. The van der Waals surface area contributed by atoms with Crippen LogP contribution in [0.1, 0.15) is 52.0 Å². The molecule has 0 fully saturated rings. The van der Waals surface area contributed by atoms with E-state index < -0.39 is 0 Å². The number of nitrogens with zero attached hydrogens (tertiary/aromatic N) is 3. The van der Waals surface area contributed by atoms with Crippen LogP contribution in [0.4, 0.5) is 0 Å². The summed E-state index contributed by atoms with van der Waals surface area (Å²) in [6.45, 7) is 8.31. The van der Waals surface area contributed by atoms with Crippen molar-refractivity contribution >= 4 is 17.5 Å². The molecule has 0 unspecified atom stereocenters. The molecule has 25 heavy (non-hydrogen) atoms. The lowest BCUT2D eigenvalue weighted by Gasteiger charge is -2.24. The zero-order valence-electron chi connectivity index (χ0n) is 15.6. The Morgan fingerprint density at radius 3 is 2.56 bits per heavy atom. The summed E-state index contributed by atoms with van der Waals surface area (Å²) in [5, 5.41) is 5.95. The third kappa shape index (κ3) is 5.41. The van der Waals surface area contributed by atoms with Crippen LogP contribution in [0.3, 0.4) is 0 Å². The number of benzene rings is 1. The van der Waals surface area contributed by atoms with Crippen molar-refractivity contribution in [2.75, 3.05) is 19.6 Å². The van der Waals surface area contributed by atoms with Crippen molar-refractivity contribution in [1.82, 2.24) is 9.91 Å². The Morgan fingerprint density at radius 1 is 1.20 bits per heavy atom. The minimum absolute atomic E-state index is 0.0580. The quantitative estimate of drug-likeness (QED) is 0.727. The van der Waals surface area contributed by atoms with Gasteiger partial charge in [0.05, 0.1) is 12.3 Å². The van der Waals surface area contributed by atoms with Crippen molar-refractivity contribution in [1.29, 1.82) is 0 Å². The summed E-state index contributed by atoms with van der Waals surface area (Å²) in [5.74, 6) is 0.470. The Bertz CT molecular complexity index is 613. The molecule has 2 amide bonds. The number of carbonyl (C=O) groups is 2. The van der Waals surface area contributed by atoms with Crippen molar-refractivity contribution < 1.29 is 9.59 Å². The van der Waals surface area contributed by atoms with Gasteiger partial charge >= 0.3 is 0 Å². The smallest absolute Gasteiger partial charge is 0.243 e. The number of rotatable bonds is 8. The minimum Gasteiger partial charge on any atom is -0.343 e. The van der Waals surface area contributed by atoms with Gasteiger partial charge in [0.2, 0.25) is 11.8 Å². The molecule has 136 valence electrons. The molecule has 0 aromatic heterocycles. The van der Waals surface area contributed by atoms with E-state index in [-0.39, 0.29) is 24.7 Å². The number of hydrogen-bond acceptors (Lipinski definition) is 3. The van der Waals surface area contributed by atoms with Gasteiger partial charge in [0, 0.05) is 32.4 Å². The number of carbonyl (C=O) groups excluding carboxylic acids is 2. The van der Waals surface area contributed by atoms with E-state index in [9.17, 15) is 9.59 Å². The van der Waals surface area contributed by atoms with E-state index in [1.807, 2.05) is 42.2 Å². The molecule has 0 aliphatic carbocycles. The van der Waals surface area contributed by atoms with Gasteiger partial charge in [-0.1, -0.05) is 50.6 Å². The fourth-order valence-electron chi connectivity index (χ4n) is 2.88. The fourth-order valence-corrected chi connectivity index (χ4v) is 2.88. The van der Waals surface area contributed by atoms with Gasteiger partial charge in [-0.25, -0.2) is 5.01 Å². The lowest BCUT2D eigenvalue weighted by atomic mass is 10.1. The van der Waals surface area contributed by atoms with Crippen LogP contribution in [0.5, 0.6) is 0 Å². The summed E-state index contributed by atoms with van der Waals surface area (Å²) in [6, 6.07) is 9.91. The van der Waals surface area contributed by atoms with E-state index >= 15 is 0 Å². The summed E-state index contributed by atoms with van der Waals surface area (Å²) in [6.07, 6.45) is 2.30. The Balaban J connectivity index is 1.86. The van der Waals surface area contributed by atoms with Crippen LogP contribution in [-0.4, -0.2) is 47.1 Å². The predicted octanol–water partition coefficient (Wildman–Crippen LogP) is 3.30. The van der Waals surface area contributed by atoms with Gasteiger partial charge in [-0.15, -0.1) is 0 Å². The van der Waals surface area contributed by atoms with E-state index in [0.717, 1.165) is 30.7 Å². The Labute approximate surface area is 150 Å². The molecule has 0 radical (unpaired) electrons. The molecule has 5 heteroatoms. The molecule has 1 aliphatic heterocycles. The maximum Gasteiger partial charge on any atom is 0.243 e. The van der Waals surface area contributed by atoms with Gasteiger partial charge in [0.1, 0.15) is 0 Å². The molecule has 1 aromatic carbocycles. The van der Waals surface area contributed by atoms with E-state index in [4.69, 9.17) is 0 Å². The Kier molecular flexibility index (Phi) is 7.16. The van der Waals surface area contributed by atoms with Gasteiger partial charge < -0.3 is 4.90 Å². The lowest BCUT2D eigenvalue weighted by molar-refractivity contribution is -0.137. The molecule has 0 N–H and O–H groups in total. The first-order valence-electron chi connectivity index (χ1n) is 9.26. The van der Waals surface area contributed by atoms with Gasteiger partial charge in [0.15, 0.2) is 0 Å². The van der Waals surface area contributed by atoms with E-state index in [1.165, 1.54) is 5.01 Å². The first kappa shape index (κ1) is 19.2. The third-order valence-electron chi connectivity index (χ3n) is 4.71. The summed E-state index contributed by atoms with van der Waals surface area (Å²) in [4.78, 5) is 26.6. The molecule has 5 nitrogen and oxygen atoms in total. The largest absolute Gasteiger partial charge is 0.343 e. The van der Waals surface area contributed by atoms with E-state index in [0.29, 0.717) is 19.0 Å². The Hall–Kier alpha value is -2.17. The van der Waals surface area contributed by atoms with Crippen LogP contribution in [0.2, 0.25) is 0 Å². The van der Waals surface area contributed by atoms with Crippen LogP contribution in [0, 0.1) is 5.92 Å². The molecule has 2 rings (SSSR count). The summed E-state index contributed by atoms with van der Waals surface area (Å²) in [7, 11) is 0. The number of amides is 2. The minimum atomic E-state index is -0.0705. The van der Waals surface area contributed by atoms with Crippen molar-refractivity contribution in [2.45, 2.75) is 46.5 Å². The zero-order valence-corrected chi connectivity index (χ0v) is 15.6. The fraction of sp³-hybridized carbons (Fsp3) is 0.550. The van der Waals surface area contributed by atoms with Crippen molar-refractivity contribution in [3.63, 3.8) is 0 Å². The average molecular weight is 343 g/mol. The average Bonchev–Trinajstić information content (AvgIpc) is 3.14. The van der Waals surface area contributed by atoms with Gasteiger partial charge in [-0.3, -0.25) is 9.59 Å². The lowest BCUT2D eigenvalue weighted by Crippen LogP contribution is -2.35. The Morgan fingerprint density at radius 2 is 1.92 bits per heavy atom. The molecule has 0 spiro atoms. The summed E-state index contributed by atoms with van der Waals surface area (Å²) < 4.78 is 0. The predicted molar refractivity (Wildman–Crippen MR) is 100 cm³/mol. The van der Waals surface area contributed by atoms with Crippen molar-refractivity contribution in [2.24, 2.45) is 11.0 Å². The standard InChI is InChI=1S/C20H29N3O2/c1-4-16(3)15-22(5-2)19(24)11-12-20(25)23-14-13-18(21-23)17-9-7-6-8-10-17/h6-10,16H,4-5,11-15H2,1-3H3/t16-/m0/s1. The van der Waals surface area contributed by atoms with Crippen LogP contribution in [-0.2, 0) is 9.59 Å². The second-order valence-electron chi connectivity index (χ2n) is 6.63. The molecule has 0 bridgehead atoms. The summed E-state index contributed by atoms with van der Waals surface area (Å²) >= 11 is 0. The van der Waals surface area contributed by atoms with Gasteiger partial charge in [-0.2, -0.15) is 5.10 Å². The van der Waals surface area contributed by atoms with Crippen LogP contribution >= 0.6 is 0 Å². The number of hydrazone groups is 1. The van der Waals surface area contributed by atoms with Crippen LogP contribution in [0.15, 0.2) is 35.4 Å². The highest BCUT2D eigenvalue weighted by atomic mass is 16.2. The molecule has 0 saturated heterocycles. The summed E-state index contributed by atoms with van der Waals surface area (Å²) in [5.41, 5.74) is 1.99. The second kappa shape index (κ2) is 9.35. The first-order chi connectivity index (χ1) is 12.0. The molecule has 1 aromatic rings. The van der Waals surface area contributed by atoms with E-state index in [2.05, 4.69) is 18.9 Å². The second-order valence-corrected chi connectivity index (χ2v) is 6.63. The van der Waals surface area contributed by atoms with Crippen LogP contribution in [0.25, 0.3) is 0 Å². The monoisotopic (exact) mass is 343 g/mol. The highest BCUT2D eigenvalue weighted by molar-refractivity contribution is 6.02. The highest BCUT2D eigenvalue weighted by Gasteiger charge is 2.23. The molecule has 0 saturated carbocycles. The molecule has 1 heterocycles. The molecular weight excluding hydrogens is 314 g/mol. The zero-order chi connectivity index (χ0) is 18.2. The maximum absolute atomic E-state index is 12.4. The van der Waals surface area contributed by atoms with Gasteiger partial charge in [0.25, 0.3) is 0 Å². The topological polar surface area (TPSA) is 53.0 Å². The molecule has 1 atom stereocenters. The van der Waals surface area contributed by atoms with E-state index in [1.54, 1.807) is 0 Å². The third-order valence-corrected chi connectivity index (χ3v) is 4.71. The van der Waals surface area contributed by atoms with Crippen molar-refractivity contribution in [3.05, 3.63) is 35.9 Å².